The van der Waals surface area contributed by atoms with Crippen LogP contribution in [0.5, 0.6) is 17.2 Å². The fraction of sp³-hybridized carbons (Fsp3) is 0.364. The Balaban J connectivity index is 1.76. The van der Waals surface area contributed by atoms with Crippen LogP contribution in [0.4, 0.5) is 5.69 Å². The normalized spacial score (nSPS) is 15.3. The topological polar surface area (TPSA) is 60.4 Å². The van der Waals surface area contributed by atoms with Crippen LogP contribution in [0.3, 0.4) is 0 Å². The molecule has 0 radical (unpaired) electrons. The summed E-state index contributed by atoms with van der Waals surface area (Å²) >= 11 is 1.57. The maximum Gasteiger partial charge on any atom is 0.266 e. The zero-order chi connectivity index (χ0) is 20.6. The van der Waals surface area contributed by atoms with Gasteiger partial charge >= 0.3 is 0 Å². The zero-order valence-corrected chi connectivity index (χ0v) is 17.8. The SMILES string of the molecule is CCOc1ccccc1OCC(=O)N1CCCSC1=Nc1cc(C)ccc1OC. The van der Waals surface area contributed by atoms with Gasteiger partial charge < -0.3 is 14.2 Å². The third kappa shape index (κ3) is 5.44. The molecule has 0 saturated carbocycles. The van der Waals surface area contributed by atoms with Gasteiger partial charge in [-0.1, -0.05) is 30.0 Å². The number of carbonyl (C=O) groups is 1. The van der Waals surface area contributed by atoms with Gasteiger partial charge in [0.05, 0.1) is 13.7 Å². The summed E-state index contributed by atoms with van der Waals surface area (Å²) in [5.41, 5.74) is 1.80. The predicted octanol–water partition coefficient (Wildman–Crippen LogP) is 4.43. The maximum absolute atomic E-state index is 12.9. The van der Waals surface area contributed by atoms with E-state index in [1.165, 1.54) is 0 Å². The van der Waals surface area contributed by atoms with Crippen molar-refractivity contribution in [2.75, 3.05) is 32.6 Å². The third-order valence-electron chi connectivity index (χ3n) is 4.34. The number of benzene rings is 2. The van der Waals surface area contributed by atoms with E-state index in [9.17, 15) is 4.79 Å². The van der Waals surface area contributed by atoms with Crippen molar-refractivity contribution in [2.45, 2.75) is 20.3 Å². The zero-order valence-electron chi connectivity index (χ0n) is 17.0. The molecule has 1 saturated heterocycles. The molecule has 0 bridgehead atoms. The molecule has 0 spiro atoms. The summed E-state index contributed by atoms with van der Waals surface area (Å²) < 4.78 is 16.7. The summed E-state index contributed by atoms with van der Waals surface area (Å²) in [4.78, 5) is 19.3. The summed E-state index contributed by atoms with van der Waals surface area (Å²) in [6.45, 7) is 5.00. The van der Waals surface area contributed by atoms with Gasteiger partial charge in [0.1, 0.15) is 11.4 Å². The molecule has 2 aromatic rings. The molecule has 1 amide bonds. The van der Waals surface area contributed by atoms with Crippen LogP contribution >= 0.6 is 11.8 Å². The van der Waals surface area contributed by atoms with Gasteiger partial charge in [-0.05, 0) is 50.1 Å². The Bertz CT molecular complexity index is 885. The fourth-order valence-corrected chi connectivity index (χ4v) is 3.90. The maximum atomic E-state index is 12.9. The van der Waals surface area contributed by atoms with E-state index in [0.29, 0.717) is 35.6 Å². The van der Waals surface area contributed by atoms with Gasteiger partial charge in [-0.25, -0.2) is 4.99 Å². The molecule has 1 aliphatic heterocycles. The number of carbonyl (C=O) groups excluding carboxylic acids is 1. The van der Waals surface area contributed by atoms with Crippen LogP contribution in [0.25, 0.3) is 0 Å². The second-order valence-corrected chi connectivity index (χ2v) is 7.55. The van der Waals surface area contributed by atoms with Crippen LogP contribution < -0.4 is 14.2 Å². The molecule has 1 heterocycles. The third-order valence-corrected chi connectivity index (χ3v) is 5.40. The van der Waals surface area contributed by atoms with Crippen LogP contribution in [-0.2, 0) is 4.79 Å². The average molecular weight is 415 g/mol. The number of aliphatic imine (C=N–C) groups is 1. The lowest BCUT2D eigenvalue weighted by Crippen LogP contribution is -2.41. The van der Waals surface area contributed by atoms with Gasteiger partial charge in [-0.3, -0.25) is 9.69 Å². The molecule has 0 aromatic heterocycles. The van der Waals surface area contributed by atoms with Crippen LogP contribution in [0.1, 0.15) is 18.9 Å². The Morgan fingerprint density at radius 3 is 2.62 bits per heavy atom. The number of amides is 1. The first kappa shape index (κ1) is 21.0. The number of methoxy groups -OCH3 is 1. The number of para-hydroxylation sites is 2. The molecule has 1 aliphatic rings. The van der Waals surface area contributed by atoms with Crippen LogP contribution in [0.15, 0.2) is 47.5 Å². The highest BCUT2D eigenvalue weighted by atomic mass is 32.2. The van der Waals surface area contributed by atoms with Crippen molar-refractivity contribution in [3.63, 3.8) is 0 Å². The van der Waals surface area contributed by atoms with E-state index in [-0.39, 0.29) is 12.5 Å². The highest BCUT2D eigenvalue weighted by Crippen LogP contribution is 2.31. The summed E-state index contributed by atoms with van der Waals surface area (Å²) in [6, 6.07) is 13.2. The lowest BCUT2D eigenvalue weighted by molar-refractivity contribution is -0.129. The highest BCUT2D eigenvalue weighted by Gasteiger charge is 2.25. The van der Waals surface area contributed by atoms with Gasteiger partial charge in [0.15, 0.2) is 23.3 Å². The molecule has 6 nitrogen and oxygen atoms in total. The number of nitrogens with zero attached hydrogens (tertiary/aromatic N) is 2. The molecule has 0 unspecified atom stereocenters. The number of thioether (sulfide) groups is 1. The van der Waals surface area contributed by atoms with E-state index in [4.69, 9.17) is 19.2 Å². The molecule has 0 atom stereocenters. The number of aryl methyl sites for hydroxylation is 1. The van der Waals surface area contributed by atoms with Crippen molar-refractivity contribution in [1.29, 1.82) is 0 Å². The van der Waals surface area contributed by atoms with Gasteiger partial charge in [0.2, 0.25) is 0 Å². The van der Waals surface area contributed by atoms with Crippen LogP contribution in [0.2, 0.25) is 0 Å². The van der Waals surface area contributed by atoms with Crippen molar-refractivity contribution in [2.24, 2.45) is 4.99 Å². The Labute approximate surface area is 175 Å². The van der Waals surface area contributed by atoms with Gasteiger partial charge in [-0.2, -0.15) is 0 Å². The molecule has 7 heteroatoms. The monoisotopic (exact) mass is 414 g/mol. The lowest BCUT2D eigenvalue weighted by Gasteiger charge is -2.28. The molecule has 3 rings (SSSR count). The Morgan fingerprint density at radius 1 is 1.14 bits per heavy atom. The number of amidine groups is 1. The van der Waals surface area contributed by atoms with E-state index in [2.05, 4.69) is 0 Å². The molecule has 1 fully saturated rings. The molecular formula is C22H26N2O4S. The minimum Gasteiger partial charge on any atom is -0.494 e. The van der Waals surface area contributed by atoms with Gasteiger partial charge in [0, 0.05) is 12.3 Å². The number of hydrogen-bond acceptors (Lipinski definition) is 6. The first-order valence-electron chi connectivity index (χ1n) is 9.63. The second-order valence-electron chi connectivity index (χ2n) is 6.49. The fourth-order valence-electron chi connectivity index (χ4n) is 2.94. The van der Waals surface area contributed by atoms with E-state index < -0.39 is 0 Å². The molecule has 0 aliphatic carbocycles. The molecule has 0 N–H and O–H groups in total. The standard InChI is InChI=1S/C22H26N2O4S/c1-4-27-19-8-5-6-9-20(19)28-15-21(25)24-12-7-13-29-22(24)23-17-14-16(2)10-11-18(17)26-3/h5-6,8-11,14H,4,7,12-13,15H2,1-3H3. The Morgan fingerprint density at radius 2 is 1.90 bits per heavy atom. The Kier molecular flexibility index (Phi) is 7.41. The summed E-state index contributed by atoms with van der Waals surface area (Å²) in [6.07, 6.45) is 0.913. The molecule has 154 valence electrons. The summed E-state index contributed by atoms with van der Waals surface area (Å²) in [5, 5.41) is 0.673. The van der Waals surface area contributed by atoms with Gasteiger partial charge in [0.25, 0.3) is 5.91 Å². The van der Waals surface area contributed by atoms with Crippen molar-refractivity contribution < 1.29 is 19.0 Å². The number of ether oxygens (including phenoxy) is 3. The van der Waals surface area contributed by atoms with E-state index in [1.807, 2.05) is 50.2 Å². The average Bonchev–Trinajstić information content (AvgIpc) is 2.74. The number of rotatable bonds is 7. The van der Waals surface area contributed by atoms with Gasteiger partial charge in [-0.15, -0.1) is 0 Å². The second kappa shape index (κ2) is 10.2. The minimum absolute atomic E-state index is 0.0748. The smallest absolute Gasteiger partial charge is 0.266 e. The van der Waals surface area contributed by atoms with Crippen molar-refractivity contribution in [1.82, 2.24) is 4.90 Å². The van der Waals surface area contributed by atoms with Crippen LogP contribution in [-0.4, -0.2) is 48.6 Å². The predicted molar refractivity (Wildman–Crippen MR) is 117 cm³/mol. The van der Waals surface area contributed by atoms with Crippen molar-refractivity contribution >= 4 is 28.5 Å². The van der Waals surface area contributed by atoms with Crippen molar-refractivity contribution in [3.8, 4) is 17.2 Å². The molecule has 29 heavy (non-hydrogen) atoms. The Hall–Kier alpha value is -2.67. The highest BCUT2D eigenvalue weighted by molar-refractivity contribution is 8.13. The summed E-state index contributed by atoms with van der Waals surface area (Å²) in [7, 11) is 1.62. The van der Waals surface area contributed by atoms with E-state index in [1.54, 1.807) is 29.8 Å². The molecule has 2 aromatic carbocycles. The van der Waals surface area contributed by atoms with E-state index in [0.717, 1.165) is 23.4 Å². The first-order valence-corrected chi connectivity index (χ1v) is 10.6. The largest absolute Gasteiger partial charge is 0.494 e. The number of hydrogen-bond donors (Lipinski definition) is 0. The quantitative estimate of drug-likeness (QED) is 0.671. The molecular weight excluding hydrogens is 388 g/mol. The minimum atomic E-state index is -0.131. The van der Waals surface area contributed by atoms with Crippen molar-refractivity contribution in [3.05, 3.63) is 48.0 Å². The summed E-state index contributed by atoms with van der Waals surface area (Å²) in [5.74, 6) is 2.67. The lowest BCUT2D eigenvalue weighted by atomic mass is 10.2. The van der Waals surface area contributed by atoms with E-state index >= 15 is 0 Å². The first-order chi connectivity index (χ1) is 14.1. The van der Waals surface area contributed by atoms with Crippen LogP contribution in [0, 0.1) is 6.92 Å².